The summed E-state index contributed by atoms with van der Waals surface area (Å²) in [5.74, 6) is 0.0580. The molecule has 0 heterocycles. The van der Waals surface area contributed by atoms with Gasteiger partial charge in [0, 0.05) is 23.5 Å². The molecule has 0 aliphatic carbocycles. The van der Waals surface area contributed by atoms with E-state index < -0.39 is 20.9 Å². The van der Waals surface area contributed by atoms with E-state index >= 15 is 0 Å². The van der Waals surface area contributed by atoms with Crippen LogP contribution in [0.3, 0.4) is 0 Å². The van der Waals surface area contributed by atoms with Crippen LogP contribution < -0.4 is 14.9 Å². The molecule has 0 atom stereocenters. The highest BCUT2D eigenvalue weighted by Gasteiger charge is 2.15. The molecule has 0 spiro atoms. The number of para-hydroxylation sites is 1. The molecule has 0 saturated carbocycles. The fourth-order valence-electron chi connectivity index (χ4n) is 2.93. The number of amides is 1. The number of carbonyl (C=O) groups is 1. The summed E-state index contributed by atoms with van der Waals surface area (Å²) in [4.78, 5) is 22.8. The number of hydrazone groups is 1. The van der Waals surface area contributed by atoms with Gasteiger partial charge in [0.2, 0.25) is 0 Å². The first-order valence-corrected chi connectivity index (χ1v) is 11.9. The topological polar surface area (TPSA) is 140 Å². The van der Waals surface area contributed by atoms with E-state index in [1.807, 2.05) is 6.92 Å². The number of ether oxygens (including phenoxy) is 1. The zero-order chi connectivity index (χ0) is 25.3. The van der Waals surface area contributed by atoms with Gasteiger partial charge in [-0.25, -0.2) is 13.8 Å². The number of sulfonamides is 1. The third-order valence-corrected chi connectivity index (χ3v) is 5.98. The first-order valence-electron chi connectivity index (χ1n) is 10.4. The number of anilines is 1. The molecule has 0 aliphatic heterocycles. The van der Waals surface area contributed by atoms with Crippen LogP contribution in [0.25, 0.3) is 6.08 Å². The summed E-state index contributed by atoms with van der Waals surface area (Å²) < 4.78 is 32.9. The van der Waals surface area contributed by atoms with E-state index in [0.717, 1.165) is 0 Å². The van der Waals surface area contributed by atoms with Crippen LogP contribution in [-0.2, 0) is 10.0 Å². The summed E-state index contributed by atoms with van der Waals surface area (Å²) >= 11 is 0. The largest absolute Gasteiger partial charge is 0.494 e. The minimum atomic E-state index is -3.81. The molecule has 0 radical (unpaired) electrons. The van der Waals surface area contributed by atoms with Crippen molar-refractivity contribution in [3.05, 3.63) is 100 Å². The van der Waals surface area contributed by atoms with Crippen LogP contribution in [0.1, 0.15) is 22.8 Å². The van der Waals surface area contributed by atoms with E-state index in [-0.39, 0.29) is 21.8 Å². The molecular weight excluding hydrogens is 472 g/mol. The van der Waals surface area contributed by atoms with Gasteiger partial charge in [-0.3, -0.25) is 19.6 Å². The summed E-state index contributed by atoms with van der Waals surface area (Å²) in [5, 5.41) is 14.8. The highest BCUT2D eigenvalue weighted by atomic mass is 32.2. The number of allylic oxidation sites excluding steroid dienone is 1. The quantitative estimate of drug-likeness (QED) is 0.246. The van der Waals surface area contributed by atoms with Gasteiger partial charge in [-0.05, 0) is 73.7 Å². The number of nitro benzene ring substituents is 1. The molecule has 3 aromatic carbocycles. The zero-order valence-corrected chi connectivity index (χ0v) is 19.4. The number of benzene rings is 3. The lowest BCUT2D eigenvalue weighted by Gasteiger charge is -2.09. The highest BCUT2D eigenvalue weighted by Crippen LogP contribution is 2.20. The molecule has 0 bridgehead atoms. The van der Waals surface area contributed by atoms with Crippen LogP contribution >= 0.6 is 0 Å². The minimum Gasteiger partial charge on any atom is -0.494 e. The Hall–Kier alpha value is -4.51. The SMILES string of the molecule is CCOc1ccc(S(=O)(=O)Nc2ccc(C(=O)N/N=C/C=C/c3ccccc3[N+](=O)[O-])cc2)cc1. The van der Waals surface area contributed by atoms with Crippen LogP contribution in [-0.4, -0.2) is 32.1 Å². The van der Waals surface area contributed by atoms with Crippen molar-refractivity contribution >= 4 is 39.6 Å². The number of hydrogen-bond donors (Lipinski definition) is 2. The standard InChI is InChI=1S/C24H22N4O6S/c1-2-34-21-13-15-22(16-14-21)35(32,33)27-20-11-9-19(10-12-20)24(29)26-25-17-5-7-18-6-3-4-8-23(18)28(30)31/h3-17,27H,2H2,1H3,(H,26,29)/b7-5+,25-17+. The summed E-state index contributed by atoms with van der Waals surface area (Å²) in [6.07, 6.45) is 4.24. The lowest BCUT2D eigenvalue weighted by molar-refractivity contribution is -0.385. The average Bonchev–Trinajstić information content (AvgIpc) is 2.84. The van der Waals surface area contributed by atoms with Gasteiger partial charge in [0.15, 0.2) is 0 Å². The molecule has 0 saturated heterocycles. The monoisotopic (exact) mass is 494 g/mol. The number of nitro groups is 1. The molecule has 3 rings (SSSR count). The van der Waals surface area contributed by atoms with Crippen molar-refractivity contribution in [3.8, 4) is 5.75 Å². The van der Waals surface area contributed by atoms with E-state index in [0.29, 0.717) is 17.9 Å². The summed E-state index contributed by atoms with van der Waals surface area (Å²) in [7, 11) is -3.81. The van der Waals surface area contributed by atoms with Gasteiger partial charge < -0.3 is 4.74 Å². The summed E-state index contributed by atoms with van der Waals surface area (Å²) in [5.41, 5.74) is 3.23. The lowest BCUT2D eigenvalue weighted by Crippen LogP contribution is -2.17. The maximum absolute atomic E-state index is 12.6. The second-order valence-corrected chi connectivity index (χ2v) is 8.66. The van der Waals surface area contributed by atoms with Gasteiger partial charge >= 0.3 is 0 Å². The van der Waals surface area contributed by atoms with Gasteiger partial charge in [-0.2, -0.15) is 5.10 Å². The van der Waals surface area contributed by atoms with E-state index in [4.69, 9.17) is 4.74 Å². The maximum Gasteiger partial charge on any atom is 0.276 e. The Morgan fingerprint density at radius 1 is 1.06 bits per heavy atom. The van der Waals surface area contributed by atoms with Crippen molar-refractivity contribution < 1.29 is 22.9 Å². The molecule has 0 aliphatic rings. The number of nitrogens with one attached hydrogen (secondary N) is 2. The van der Waals surface area contributed by atoms with E-state index in [2.05, 4.69) is 15.2 Å². The maximum atomic E-state index is 12.6. The van der Waals surface area contributed by atoms with Crippen LogP contribution in [0.4, 0.5) is 11.4 Å². The van der Waals surface area contributed by atoms with Crippen molar-refractivity contribution in [2.75, 3.05) is 11.3 Å². The van der Waals surface area contributed by atoms with Crippen molar-refractivity contribution in [2.45, 2.75) is 11.8 Å². The molecule has 35 heavy (non-hydrogen) atoms. The van der Waals surface area contributed by atoms with Gasteiger partial charge in [-0.15, -0.1) is 0 Å². The van der Waals surface area contributed by atoms with Gasteiger partial charge in [0.25, 0.3) is 21.6 Å². The molecule has 0 unspecified atom stereocenters. The van der Waals surface area contributed by atoms with Crippen LogP contribution in [0.15, 0.2) is 88.9 Å². The average molecular weight is 495 g/mol. The molecule has 2 N–H and O–H groups in total. The number of hydrogen-bond acceptors (Lipinski definition) is 7. The molecule has 0 aromatic heterocycles. The number of carbonyl (C=O) groups excluding carboxylic acids is 1. The molecule has 10 nitrogen and oxygen atoms in total. The molecule has 0 fully saturated rings. The third kappa shape index (κ3) is 6.98. The summed E-state index contributed by atoms with van der Waals surface area (Å²) in [6.45, 7) is 2.31. The molecule has 180 valence electrons. The highest BCUT2D eigenvalue weighted by molar-refractivity contribution is 7.92. The van der Waals surface area contributed by atoms with Crippen LogP contribution in [0, 0.1) is 10.1 Å². The Kier molecular flexibility index (Phi) is 8.30. The van der Waals surface area contributed by atoms with Crippen molar-refractivity contribution in [1.29, 1.82) is 0 Å². The van der Waals surface area contributed by atoms with Crippen molar-refractivity contribution in [1.82, 2.24) is 5.43 Å². The lowest BCUT2D eigenvalue weighted by atomic mass is 10.1. The normalized spacial score (nSPS) is 11.5. The fourth-order valence-corrected chi connectivity index (χ4v) is 3.99. The predicted molar refractivity (Wildman–Crippen MR) is 133 cm³/mol. The van der Waals surface area contributed by atoms with E-state index in [1.165, 1.54) is 60.8 Å². The first-order chi connectivity index (χ1) is 16.8. The molecular formula is C24H22N4O6S. The Balaban J connectivity index is 1.57. The Morgan fingerprint density at radius 2 is 1.74 bits per heavy atom. The molecule has 1 amide bonds. The number of nitrogens with zero attached hydrogens (tertiary/aromatic N) is 2. The van der Waals surface area contributed by atoms with Gasteiger partial charge in [-0.1, -0.05) is 12.1 Å². The van der Waals surface area contributed by atoms with Gasteiger partial charge in [0.05, 0.1) is 22.0 Å². The van der Waals surface area contributed by atoms with Crippen LogP contribution in [0.5, 0.6) is 5.75 Å². The molecule has 3 aromatic rings. The van der Waals surface area contributed by atoms with Crippen LogP contribution in [0.2, 0.25) is 0 Å². The minimum absolute atomic E-state index is 0.0422. The van der Waals surface area contributed by atoms with E-state index in [1.54, 1.807) is 30.3 Å². The first kappa shape index (κ1) is 25.1. The second kappa shape index (κ2) is 11.6. The second-order valence-electron chi connectivity index (χ2n) is 6.98. The fraction of sp³-hybridized carbons (Fsp3) is 0.0833. The Labute approximate surface area is 202 Å². The summed E-state index contributed by atoms with van der Waals surface area (Å²) in [6, 6.07) is 18.1. The smallest absolute Gasteiger partial charge is 0.276 e. The Morgan fingerprint density at radius 3 is 2.40 bits per heavy atom. The van der Waals surface area contributed by atoms with Crippen molar-refractivity contribution in [2.24, 2.45) is 5.10 Å². The molecule has 11 heteroatoms. The van der Waals surface area contributed by atoms with Gasteiger partial charge in [0.1, 0.15) is 5.75 Å². The third-order valence-electron chi connectivity index (χ3n) is 4.58. The Bertz CT molecular complexity index is 1350. The van der Waals surface area contributed by atoms with E-state index in [9.17, 15) is 23.3 Å². The number of rotatable bonds is 10. The predicted octanol–water partition coefficient (Wildman–Crippen LogP) is 4.22. The zero-order valence-electron chi connectivity index (χ0n) is 18.6. The van der Waals surface area contributed by atoms with Crippen molar-refractivity contribution in [3.63, 3.8) is 0 Å².